The summed E-state index contributed by atoms with van der Waals surface area (Å²) in [4.78, 5) is 12.0. The normalized spacial score (nSPS) is 11.8. The molecule has 1 atom stereocenters. The Balaban J connectivity index is 1.67. The van der Waals surface area contributed by atoms with Crippen molar-refractivity contribution in [3.8, 4) is 5.75 Å². The highest BCUT2D eigenvalue weighted by molar-refractivity contribution is 7.99. The number of thioether (sulfide) groups is 1. The molecule has 0 radical (unpaired) electrons. The maximum absolute atomic E-state index is 12.0. The molecule has 1 N–H and O–H groups in total. The van der Waals surface area contributed by atoms with Gasteiger partial charge in [0.25, 0.3) is 0 Å². The van der Waals surface area contributed by atoms with Gasteiger partial charge in [0.2, 0.25) is 5.91 Å². The van der Waals surface area contributed by atoms with Crippen LogP contribution >= 0.6 is 35.0 Å². The first-order valence-electron chi connectivity index (χ1n) is 7.57. The molecular formula is C18H19Cl2NO2S. The molecule has 0 heterocycles. The molecule has 2 aromatic carbocycles. The summed E-state index contributed by atoms with van der Waals surface area (Å²) in [7, 11) is 0. The van der Waals surface area contributed by atoms with Gasteiger partial charge in [-0.25, -0.2) is 0 Å². The van der Waals surface area contributed by atoms with Crippen molar-refractivity contribution in [2.75, 3.05) is 18.1 Å². The third-order valence-corrected chi connectivity index (χ3v) is 4.88. The Labute approximate surface area is 156 Å². The molecule has 0 saturated carbocycles. The van der Waals surface area contributed by atoms with Gasteiger partial charge in [-0.05, 0) is 30.7 Å². The van der Waals surface area contributed by atoms with Gasteiger partial charge >= 0.3 is 0 Å². The summed E-state index contributed by atoms with van der Waals surface area (Å²) < 4.78 is 5.58. The van der Waals surface area contributed by atoms with Gasteiger partial charge in [-0.2, -0.15) is 0 Å². The fraction of sp³-hybridized carbons (Fsp3) is 0.278. The zero-order chi connectivity index (χ0) is 17.4. The second kappa shape index (κ2) is 9.82. The zero-order valence-corrected chi connectivity index (χ0v) is 15.6. The lowest BCUT2D eigenvalue weighted by molar-refractivity contribution is -0.119. The number of rotatable bonds is 8. The number of halogens is 2. The largest absolute Gasteiger partial charge is 0.491 e. The third-order valence-electron chi connectivity index (χ3n) is 3.30. The molecule has 24 heavy (non-hydrogen) atoms. The quantitative estimate of drug-likeness (QED) is 0.652. The van der Waals surface area contributed by atoms with Gasteiger partial charge in [0.05, 0.1) is 23.4 Å². The molecule has 0 aliphatic rings. The van der Waals surface area contributed by atoms with Crippen molar-refractivity contribution in [3.05, 3.63) is 64.1 Å². The Kier molecular flexibility index (Phi) is 7.76. The molecule has 128 valence electrons. The summed E-state index contributed by atoms with van der Waals surface area (Å²) in [5.74, 6) is 1.72. The van der Waals surface area contributed by atoms with E-state index in [1.807, 2.05) is 49.4 Å². The molecule has 0 spiro atoms. The Hall–Kier alpha value is -1.36. The van der Waals surface area contributed by atoms with Crippen LogP contribution < -0.4 is 10.1 Å². The lowest BCUT2D eigenvalue weighted by atomic mass is 10.1. The first-order chi connectivity index (χ1) is 11.6. The van der Waals surface area contributed by atoms with Crippen molar-refractivity contribution in [2.24, 2.45) is 0 Å². The molecule has 0 aliphatic heterocycles. The van der Waals surface area contributed by atoms with E-state index in [1.54, 1.807) is 6.07 Å². The molecule has 2 aromatic rings. The summed E-state index contributed by atoms with van der Waals surface area (Å²) in [5.41, 5.74) is 0.916. The predicted octanol–water partition coefficient (Wildman–Crippen LogP) is 4.98. The maximum Gasteiger partial charge on any atom is 0.230 e. The van der Waals surface area contributed by atoms with E-state index < -0.39 is 0 Å². The van der Waals surface area contributed by atoms with Crippen molar-refractivity contribution < 1.29 is 9.53 Å². The number of hydrogen-bond donors (Lipinski definition) is 1. The second-order valence-electron chi connectivity index (χ2n) is 5.14. The average molecular weight is 384 g/mol. The van der Waals surface area contributed by atoms with E-state index in [4.69, 9.17) is 27.9 Å². The number of ether oxygens (including phenoxy) is 1. The first kappa shape index (κ1) is 19.0. The van der Waals surface area contributed by atoms with E-state index in [1.165, 1.54) is 11.8 Å². The fourth-order valence-corrected chi connectivity index (χ4v) is 3.23. The number of benzene rings is 2. The molecule has 0 bridgehead atoms. The van der Waals surface area contributed by atoms with Gasteiger partial charge in [-0.15, -0.1) is 11.8 Å². The van der Waals surface area contributed by atoms with E-state index in [9.17, 15) is 4.79 Å². The van der Waals surface area contributed by atoms with Crippen molar-refractivity contribution in [2.45, 2.75) is 13.0 Å². The summed E-state index contributed by atoms with van der Waals surface area (Å²) >= 11 is 13.7. The molecule has 0 fully saturated rings. The van der Waals surface area contributed by atoms with Gasteiger partial charge in [-0.3, -0.25) is 4.79 Å². The highest BCUT2D eigenvalue weighted by Gasteiger charge is 2.12. The van der Waals surface area contributed by atoms with Gasteiger partial charge in [0, 0.05) is 10.8 Å². The number of nitrogens with one attached hydrogen (secondary N) is 1. The topological polar surface area (TPSA) is 38.3 Å². The molecule has 0 saturated heterocycles. The molecule has 1 amide bonds. The van der Waals surface area contributed by atoms with Crippen LogP contribution in [0.15, 0.2) is 48.5 Å². The fourth-order valence-electron chi connectivity index (χ4n) is 2.12. The summed E-state index contributed by atoms with van der Waals surface area (Å²) in [6.07, 6.45) is 0. The zero-order valence-electron chi connectivity index (χ0n) is 13.3. The Morgan fingerprint density at radius 3 is 2.50 bits per heavy atom. The standard InChI is InChI=1S/C18H19Cl2NO2S/c1-13(14-6-2-3-7-15(14)19)21-18(22)12-24-11-10-23-17-9-5-4-8-16(17)20/h2-9,13H,10-12H2,1H3,(H,21,22)/t13-/m1/s1. The monoisotopic (exact) mass is 383 g/mol. The van der Waals surface area contributed by atoms with E-state index in [0.717, 1.165) is 5.56 Å². The number of carbonyl (C=O) groups is 1. The van der Waals surface area contributed by atoms with Gasteiger partial charge in [0.1, 0.15) is 5.75 Å². The van der Waals surface area contributed by atoms with Gasteiger partial charge < -0.3 is 10.1 Å². The summed E-state index contributed by atoms with van der Waals surface area (Å²) in [6.45, 7) is 2.42. The van der Waals surface area contributed by atoms with Crippen LogP contribution in [-0.2, 0) is 4.79 Å². The van der Waals surface area contributed by atoms with Crippen molar-refractivity contribution in [1.82, 2.24) is 5.32 Å². The van der Waals surface area contributed by atoms with E-state index in [0.29, 0.717) is 33.9 Å². The number of carbonyl (C=O) groups excluding carboxylic acids is 1. The Morgan fingerprint density at radius 1 is 1.12 bits per heavy atom. The van der Waals surface area contributed by atoms with E-state index >= 15 is 0 Å². The molecule has 0 unspecified atom stereocenters. The van der Waals surface area contributed by atoms with Crippen LogP contribution in [0, 0.1) is 0 Å². The highest BCUT2D eigenvalue weighted by atomic mass is 35.5. The van der Waals surface area contributed by atoms with Crippen LogP contribution in [0.3, 0.4) is 0 Å². The van der Waals surface area contributed by atoms with Gasteiger partial charge in [-0.1, -0.05) is 53.5 Å². The average Bonchev–Trinajstić information content (AvgIpc) is 2.56. The van der Waals surface area contributed by atoms with Crippen LogP contribution in [-0.4, -0.2) is 24.0 Å². The van der Waals surface area contributed by atoms with Crippen LogP contribution in [0.5, 0.6) is 5.75 Å². The molecule has 3 nitrogen and oxygen atoms in total. The lowest BCUT2D eigenvalue weighted by Crippen LogP contribution is -2.28. The van der Waals surface area contributed by atoms with Crippen LogP contribution in [0.4, 0.5) is 0 Å². The molecule has 6 heteroatoms. The Bertz CT molecular complexity index is 682. The predicted molar refractivity (Wildman–Crippen MR) is 102 cm³/mol. The minimum atomic E-state index is -0.119. The van der Waals surface area contributed by atoms with Crippen LogP contribution in [0.1, 0.15) is 18.5 Å². The molecule has 0 aromatic heterocycles. The SMILES string of the molecule is C[C@@H](NC(=O)CSCCOc1ccccc1Cl)c1ccccc1Cl. The minimum Gasteiger partial charge on any atom is -0.491 e. The van der Waals surface area contributed by atoms with Crippen LogP contribution in [0.2, 0.25) is 10.0 Å². The Morgan fingerprint density at radius 2 is 1.79 bits per heavy atom. The summed E-state index contributed by atoms with van der Waals surface area (Å²) in [5, 5.41) is 4.20. The van der Waals surface area contributed by atoms with E-state index in [2.05, 4.69) is 5.32 Å². The lowest BCUT2D eigenvalue weighted by Gasteiger charge is -2.15. The smallest absolute Gasteiger partial charge is 0.230 e. The van der Waals surface area contributed by atoms with Crippen molar-refractivity contribution >= 4 is 40.9 Å². The van der Waals surface area contributed by atoms with Crippen LogP contribution in [0.25, 0.3) is 0 Å². The molecular weight excluding hydrogens is 365 g/mol. The maximum atomic E-state index is 12.0. The minimum absolute atomic E-state index is 0.0230. The van der Waals surface area contributed by atoms with E-state index in [-0.39, 0.29) is 11.9 Å². The van der Waals surface area contributed by atoms with Crippen molar-refractivity contribution in [1.29, 1.82) is 0 Å². The molecule has 2 rings (SSSR count). The second-order valence-corrected chi connectivity index (χ2v) is 7.06. The van der Waals surface area contributed by atoms with Gasteiger partial charge in [0.15, 0.2) is 0 Å². The third kappa shape index (κ3) is 5.93. The number of hydrogen-bond acceptors (Lipinski definition) is 3. The molecule has 0 aliphatic carbocycles. The number of para-hydroxylation sites is 1. The number of amides is 1. The van der Waals surface area contributed by atoms with Crippen molar-refractivity contribution in [3.63, 3.8) is 0 Å². The summed E-state index contributed by atoms with van der Waals surface area (Å²) in [6, 6.07) is 14.7. The first-order valence-corrected chi connectivity index (χ1v) is 9.48. The highest BCUT2D eigenvalue weighted by Crippen LogP contribution is 2.23.